The molecule has 0 saturated carbocycles. The number of hydrogen-bond acceptors (Lipinski definition) is 3. The molecular weight excluding hydrogens is 290 g/mol. The first kappa shape index (κ1) is 15.7. The number of carbonyl (C=O) groups is 1. The number of amides is 1. The van der Waals surface area contributed by atoms with Crippen molar-refractivity contribution in [2.45, 2.75) is 39.0 Å². The lowest BCUT2D eigenvalue weighted by Gasteiger charge is -2.36. The van der Waals surface area contributed by atoms with E-state index in [4.69, 9.17) is 4.74 Å². The summed E-state index contributed by atoms with van der Waals surface area (Å²) in [6.45, 7) is 7.18. The summed E-state index contributed by atoms with van der Waals surface area (Å²) in [7, 11) is 0. The molecule has 5 heteroatoms. The maximum Gasteiger partial charge on any atom is 0.247 e. The van der Waals surface area contributed by atoms with Gasteiger partial charge in [0.1, 0.15) is 6.04 Å². The SMILES string of the molecule is C[C@@H]1CN(C(=O)[C@H](C)n2cc(-c3ccccc3)cn2)C[C@H](C)O1. The van der Waals surface area contributed by atoms with E-state index in [-0.39, 0.29) is 24.2 Å². The maximum absolute atomic E-state index is 12.7. The number of carbonyl (C=O) groups excluding carboxylic acids is 1. The maximum atomic E-state index is 12.7. The van der Waals surface area contributed by atoms with Crippen LogP contribution in [-0.2, 0) is 9.53 Å². The number of ether oxygens (including phenoxy) is 1. The van der Waals surface area contributed by atoms with E-state index in [0.29, 0.717) is 13.1 Å². The van der Waals surface area contributed by atoms with Gasteiger partial charge in [-0.15, -0.1) is 0 Å². The van der Waals surface area contributed by atoms with E-state index in [2.05, 4.69) is 5.10 Å². The molecule has 1 aliphatic rings. The number of hydrogen-bond donors (Lipinski definition) is 0. The minimum Gasteiger partial charge on any atom is -0.372 e. The molecule has 23 heavy (non-hydrogen) atoms. The van der Waals surface area contributed by atoms with Crippen LogP contribution >= 0.6 is 0 Å². The summed E-state index contributed by atoms with van der Waals surface area (Å²) in [5.74, 6) is 0.0923. The molecule has 0 bridgehead atoms. The van der Waals surface area contributed by atoms with E-state index in [1.807, 2.05) is 68.4 Å². The number of aromatic nitrogens is 2. The van der Waals surface area contributed by atoms with Crippen LogP contribution in [0.1, 0.15) is 26.8 Å². The first-order valence-electron chi connectivity index (χ1n) is 8.08. The second kappa shape index (κ2) is 6.54. The Hall–Kier alpha value is -2.14. The molecule has 1 aromatic carbocycles. The lowest BCUT2D eigenvalue weighted by Crippen LogP contribution is -2.50. The van der Waals surface area contributed by atoms with Crippen LogP contribution in [-0.4, -0.2) is 45.9 Å². The van der Waals surface area contributed by atoms with Crippen molar-refractivity contribution in [2.75, 3.05) is 13.1 Å². The Morgan fingerprint density at radius 3 is 2.48 bits per heavy atom. The van der Waals surface area contributed by atoms with Gasteiger partial charge in [-0.1, -0.05) is 30.3 Å². The number of rotatable bonds is 3. The van der Waals surface area contributed by atoms with E-state index in [0.717, 1.165) is 11.1 Å². The van der Waals surface area contributed by atoms with Crippen LogP contribution in [0.5, 0.6) is 0 Å². The van der Waals surface area contributed by atoms with E-state index >= 15 is 0 Å². The second-order valence-corrected chi connectivity index (χ2v) is 6.25. The van der Waals surface area contributed by atoms with Gasteiger partial charge in [0.15, 0.2) is 0 Å². The average molecular weight is 313 g/mol. The Morgan fingerprint density at radius 1 is 1.17 bits per heavy atom. The zero-order valence-electron chi connectivity index (χ0n) is 13.8. The van der Waals surface area contributed by atoms with Crippen molar-refractivity contribution in [1.82, 2.24) is 14.7 Å². The number of benzene rings is 1. The topological polar surface area (TPSA) is 47.4 Å². The molecular formula is C18H23N3O2. The third-order valence-electron chi connectivity index (χ3n) is 4.19. The summed E-state index contributed by atoms with van der Waals surface area (Å²) in [5.41, 5.74) is 2.13. The minimum atomic E-state index is -0.315. The van der Waals surface area contributed by atoms with Crippen molar-refractivity contribution in [2.24, 2.45) is 0 Å². The van der Waals surface area contributed by atoms with Gasteiger partial charge >= 0.3 is 0 Å². The van der Waals surface area contributed by atoms with Crippen LogP contribution in [0.25, 0.3) is 11.1 Å². The van der Waals surface area contributed by atoms with Gasteiger partial charge in [0.05, 0.1) is 18.4 Å². The van der Waals surface area contributed by atoms with Crippen molar-refractivity contribution in [3.05, 3.63) is 42.7 Å². The molecule has 0 aliphatic carbocycles. The minimum absolute atomic E-state index is 0.0763. The molecule has 5 nitrogen and oxygen atoms in total. The van der Waals surface area contributed by atoms with Gasteiger partial charge in [0, 0.05) is 24.8 Å². The predicted molar refractivity (Wildman–Crippen MR) is 89.0 cm³/mol. The van der Waals surface area contributed by atoms with Crippen molar-refractivity contribution >= 4 is 5.91 Å². The molecule has 0 N–H and O–H groups in total. The molecule has 122 valence electrons. The highest BCUT2D eigenvalue weighted by Gasteiger charge is 2.29. The van der Waals surface area contributed by atoms with Gasteiger partial charge in [0.2, 0.25) is 5.91 Å². The molecule has 1 aromatic heterocycles. The molecule has 1 saturated heterocycles. The third kappa shape index (κ3) is 3.45. The van der Waals surface area contributed by atoms with Crippen LogP contribution in [0.3, 0.4) is 0 Å². The summed E-state index contributed by atoms with van der Waals surface area (Å²) in [4.78, 5) is 14.6. The Morgan fingerprint density at radius 2 is 1.83 bits per heavy atom. The quantitative estimate of drug-likeness (QED) is 0.875. The summed E-state index contributed by atoms with van der Waals surface area (Å²) in [5, 5.41) is 4.38. The smallest absolute Gasteiger partial charge is 0.247 e. The van der Waals surface area contributed by atoms with E-state index in [1.165, 1.54) is 0 Å². The lowest BCUT2D eigenvalue weighted by molar-refractivity contribution is -0.146. The molecule has 2 aromatic rings. The van der Waals surface area contributed by atoms with E-state index in [1.54, 1.807) is 4.68 Å². The van der Waals surface area contributed by atoms with Crippen molar-refractivity contribution in [3.8, 4) is 11.1 Å². The summed E-state index contributed by atoms with van der Waals surface area (Å²) < 4.78 is 7.44. The Bertz CT molecular complexity index is 658. The largest absolute Gasteiger partial charge is 0.372 e. The van der Waals surface area contributed by atoms with Gasteiger partial charge in [-0.05, 0) is 26.3 Å². The highest BCUT2D eigenvalue weighted by molar-refractivity contribution is 5.80. The van der Waals surface area contributed by atoms with Gasteiger partial charge < -0.3 is 9.64 Å². The first-order chi connectivity index (χ1) is 11.0. The van der Waals surface area contributed by atoms with E-state index in [9.17, 15) is 4.79 Å². The molecule has 1 aliphatic heterocycles. The Kier molecular flexibility index (Phi) is 4.48. The Balaban J connectivity index is 1.74. The molecule has 0 unspecified atom stereocenters. The molecule has 2 heterocycles. The zero-order chi connectivity index (χ0) is 16.4. The van der Waals surface area contributed by atoms with Gasteiger partial charge in [0.25, 0.3) is 0 Å². The molecule has 3 atom stereocenters. The second-order valence-electron chi connectivity index (χ2n) is 6.25. The number of morpholine rings is 1. The zero-order valence-corrected chi connectivity index (χ0v) is 13.8. The molecule has 0 spiro atoms. The Labute approximate surface area is 136 Å². The van der Waals surface area contributed by atoms with Crippen LogP contribution < -0.4 is 0 Å². The molecule has 1 amide bonds. The highest BCUT2D eigenvalue weighted by Crippen LogP contribution is 2.21. The third-order valence-corrected chi connectivity index (χ3v) is 4.19. The molecule has 0 radical (unpaired) electrons. The summed E-state index contributed by atoms with van der Waals surface area (Å²) in [6.07, 6.45) is 3.90. The number of nitrogens with zero attached hydrogens (tertiary/aromatic N) is 3. The summed E-state index contributed by atoms with van der Waals surface area (Å²) in [6, 6.07) is 9.75. The highest BCUT2D eigenvalue weighted by atomic mass is 16.5. The first-order valence-corrected chi connectivity index (χ1v) is 8.08. The van der Waals surface area contributed by atoms with Crippen molar-refractivity contribution in [1.29, 1.82) is 0 Å². The van der Waals surface area contributed by atoms with Crippen LogP contribution in [0.15, 0.2) is 42.7 Å². The van der Waals surface area contributed by atoms with Crippen LogP contribution in [0.2, 0.25) is 0 Å². The van der Waals surface area contributed by atoms with Gasteiger partial charge in [-0.3, -0.25) is 9.48 Å². The van der Waals surface area contributed by atoms with Gasteiger partial charge in [-0.25, -0.2) is 0 Å². The lowest BCUT2D eigenvalue weighted by atomic mass is 10.1. The molecule has 3 rings (SSSR count). The fourth-order valence-electron chi connectivity index (χ4n) is 3.06. The van der Waals surface area contributed by atoms with Crippen molar-refractivity contribution < 1.29 is 9.53 Å². The fourth-order valence-corrected chi connectivity index (χ4v) is 3.06. The molecule has 1 fully saturated rings. The predicted octanol–water partition coefficient (Wildman–Crippen LogP) is 2.75. The van der Waals surface area contributed by atoms with Crippen molar-refractivity contribution in [3.63, 3.8) is 0 Å². The summed E-state index contributed by atoms with van der Waals surface area (Å²) >= 11 is 0. The van der Waals surface area contributed by atoms with Crippen LogP contribution in [0, 0.1) is 0 Å². The van der Waals surface area contributed by atoms with E-state index < -0.39 is 0 Å². The monoisotopic (exact) mass is 313 g/mol. The fraction of sp³-hybridized carbons (Fsp3) is 0.444. The van der Waals surface area contributed by atoms with Crippen LogP contribution in [0.4, 0.5) is 0 Å². The standard InChI is InChI=1S/C18H23N3O2/c1-13-10-20(11-14(2)23-13)18(22)15(3)21-12-17(9-19-21)16-7-5-4-6-8-16/h4-9,12-15H,10-11H2,1-3H3/t13-,14+,15-/m0/s1. The normalized spacial score (nSPS) is 22.8. The average Bonchev–Trinajstić information content (AvgIpc) is 3.03. The van der Waals surface area contributed by atoms with Gasteiger partial charge in [-0.2, -0.15) is 5.10 Å².